The maximum absolute atomic E-state index is 11.4. The van der Waals surface area contributed by atoms with Crippen LogP contribution in [0.5, 0.6) is 11.5 Å². The number of hydrogen-bond donors (Lipinski definition) is 1. The van der Waals surface area contributed by atoms with Crippen molar-refractivity contribution in [3.63, 3.8) is 0 Å². The number of rotatable bonds is 5. The minimum atomic E-state index is -0.130. The highest BCUT2D eigenvalue weighted by Crippen LogP contribution is 2.28. The van der Waals surface area contributed by atoms with Crippen molar-refractivity contribution in [1.29, 1.82) is 0 Å². The molecule has 0 atom stereocenters. The number of benzene rings is 3. The van der Waals surface area contributed by atoms with Crippen LogP contribution >= 0.6 is 0 Å². The summed E-state index contributed by atoms with van der Waals surface area (Å²) < 4.78 is 11.2. The lowest BCUT2D eigenvalue weighted by atomic mass is 10.1. The molecule has 0 aliphatic heterocycles. The van der Waals surface area contributed by atoms with Gasteiger partial charge in [-0.05, 0) is 61.0 Å². The van der Waals surface area contributed by atoms with Gasteiger partial charge in [0, 0.05) is 23.7 Å². The molecule has 144 valence electrons. The van der Waals surface area contributed by atoms with Crippen LogP contribution in [0, 0.1) is 6.92 Å². The van der Waals surface area contributed by atoms with E-state index in [-0.39, 0.29) is 5.91 Å². The quantitative estimate of drug-likeness (QED) is 0.493. The number of hydrogen-bond acceptors (Lipinski definition) is 5. The number of nitrogens with one attached hydrogen (secondary N) is 1. The van der Waals surface area contributed by atoms with Crippen molar-refractivity contribution in [3.8, 4) is 34.3 Å². The van der Waals surface area contributed by atoms with Crippen LogP contribution in [0.3, 0.4) is 0 Å². The SMILES string of the molecule is CC(=O)Nc1cc(-c2nc(-c3ccc(Oc4ccccc4)cc3)no2)ccc1C. The predicted octanol–water partition coefficient (Wildman–Crippen LogP) is 5.46. The minimum Gasteiger partial charge on any atom is -0.457 e. The van der Waals surface area contributed by atoms with Gasteiger partial charge in [0.2, 0.25) is 11.7 Å². The second-order valence-electron chi connectivity index (χ2n) is 6.57. The third kappa shape index (κ3) is 4.32. The fourth-order valence-electron chi connectivity index (χ4n) is 2.83. The molecule has 4 rings (SSSR count). The number of amides is 1. The second-order valence-corrected chi connectivity index (χ2v) is 6.57. The molecule has 0 radical (unpaired) electrons. The van der Waals surface area contributed by atoms with E-state index in [2.05, 4.69) is 15.5 Å². The highest BCUT2D eigenvalue weighted by Gasteiger charge is 2.13. The topological polar surface area (TPSA) is 77.2 Å². The maximum Gasteiger partial charge on any atom is 0.258 e. The van der Waals surface area contributed by atoms with Crippen LogP contribution in [-0.4, -0.2) is 16.0 Å². The largest absolute Gasteiger partial charge is 0.457 e. The molecule has 0 bridgehead atoms. The Morgan fingerprint density at radius 2 is 1.62 bits per heavy atom. The van der Waals surface area contributed by atoms with Crippen LogP contribution in [0.25, 0.3) is 22.8 Å². The Morgan fingerprint density at radius 1 is 0.931 bits per heavy atom. The summed E-state index contributed by atoms with van der Waals surface area (Å²) >= 11 is 0. The number of carbonyl (C=O) groups excluding carboxylic acids is 1. The smallest absolute Gasteiger partial charge is 0.258 e. The molecule has 0 saturated carbocycles. The number of aryl methyl sites for hydroxylation is 1. The summed E-state index contributed by atoms with van der Waals surface area (Å²) in [6, 6.07) is 22.7. The molecule has 0 unspecified atom stereocenters. The third-order valence-electron chi connectivity index (χ3n) is 4.31. The van der Waals surface area contributed by atoms with E-state index in [1.807, 2.05) is 79.7 Å². The van der Waals surface area contributed by atoms with Gasteiger partial charge in [-0.3, -0.25) is 4.79 Å². The summed E-state index contributed by atoms with van der Waals surface area (Å²) in [5.41, 5.74) is 3.23. The standard InChI is InChI=1S/C23H19N3O3/c1-15-8-9-18(14-21(15)24-16(2)27)23-25-22(26-29-23)17-10-12-20(13-11-17)28-19-6-4-3-5-7-19/h3-14H,1-2H3,(H,24,27). The van der Waals surface area contributed by atoms with Crippen molar-refractivity contribution >= 4 is 11.6 Å². The molecule has 3 aromatic carbocycles. The Morgan fingerprint density at radius 3 is 2.34 bits per heavy atom. The molecule has 0 saturated heterocycles. The Balaban J connectivity index is 1.54. The molecule has 29 heavy (non-hydrogen) atoms. The lowest BCUT2D eigenvalue weighted by molar-refractivity contribution is -0.114. The van der Waals surface area contributed by atoms with Gasteiger partial charge < -0.3 is 14.6 Å². The molecule has 6 nitrogen and oxygen atoms in total. The Kier molecular flexibility index (Phi) is 5.07. The van der Waals surface area contributed by atoms with Crippen LogP contribution in [0.4, 0.5) is 5.69 Å². The van der Waals surface area contributed by atoms with E-state index < -0.39 is 0 Å². The van der Waals surface area contributed by atoms with Crippen LogP contribution in [-0.2, 0) is 4.79 Å². The molecular formula is C23H19N3O3. The molecule has 4 aromatic rings. The summed E-state index contributed by atoms with van der Waals surface area (Å²) in [7, 11) is 0. The molecule has 6 heteroatoms. The maximum atomic E-state index is 11.4. The zero-order valence-corrected chi connectivity index (χ0v) is 16.0. The Labute approximate surface area is 168 Å². The molecule has 0 aliphatic rings. The zero-order chi connectivity index (χ0) is 20.2. The lowest BCUT2D eigenvalue weighted by Crippen LogP contribution is -2.07. The van der Waals surface area contributed by atoms with Gasteiger partial charge in [0.25, 0.3) is 5.89 Å². The number of para-hydroxylation sites is 1. The number of anilines is 1. The van der Waals surface area contributed by atoms with Gasteiger partial charge >= 0.3 is 0 Å². The van der Waals surface area contributed by atoms with Gasteiger partial charge in [-0.25, -0.2) is 0 Å². The van der Waals surface area contributed by atoms with E-state index >= 15 is 0 Å². The number of aromatic nitrogens is 2. The summed E-state index contributed by atoms with van der Waals surface area (Å²) in [6.45, 7) is 3.40. The number of carbonyl (C=O) groups is 1. The van der Waals surface area contributed by atoms with Gasteiger partial charge in [0.1, 0.15) is 11.5 Å². The zero-order valence-electron chi connectivity index (χ0n) is 16.0. The fraction of sp³-hybridized carbons (Fsp3) is 0.0870. The number of nitrogens with zero attached hydrogens (tertiary/aromatic N) is 2. The molecule has 1 heterocycles. The van der Waals surface area contributed by atoms with E-state index in [0.29, 0.717) is 11.7 Å². The van der Waals surface area contributed by atoms with Crippen molar-refractivity contribution in [2.45, 2.75) is 13.8 Å². The predicted molar refractivity (Wildman–Crippen MR) is 111 cm³/mol. The van der Waals surface area contributed by atoms with Gasteiger partial charge in [-0.1, -0.05) is 29.4 Å². The van der Waals surface area contributed by atoms with Crippen molar-refractivity contribution < 1.29 is 14.1 Å². The van der Waals surface area contributed by atoms with Crippen molar-refractivity contribution in [1.82, 2.24) is 10.1 Å². The minimum absolute atomic E-state index is 0.130. The normalized spacial score (nSPS) is 10.6. The molecule has 0 fully saturated rings. The molecule has 1 N–H and O–H groups in total. The molecule has 0 aliphatic carbocycles. The molecule has 0 spiro atoms. The van der Waals surface area contributed by atoms with Gasteiger partial charge in [0.05, 0.1) is 0 Å². The van der Waals surface area contributed by atoms with E-state index in [9.17, 15) is 4.79 Å². The average molecular weight is 385 g/mol. The van der Waals surface area contributed by atoms with Gasteiger partial charge in [-0.2, -0.15) is 4.98 Å². The summed E-state index contributed by atoms with van der Waals surface area (Å²) in [5.74, 6) is 2.23. The van der Waals surface area contributed by atoms with Crippen molar-refractivity contribution in [2.24, 2.45) is 0 Å². The van der Waals surface area contributed by atoms with Crippen molar-refractivity contribution in [3.05, 3.63) is 78.4 Å². The molecule has 1 amide bonds. The van der Waals surface area contributed by atoms with Crippen molar-refractivity contribution in [2.75, 3.05) is 5.32 Å². The first kappa shape index (κ1) is 18.4. The lowest BCUT2D eigenvalue weighted by Gasteiger charge is -2.07. The summed E-state index contributed by atoms with van der Waals surface area (Å²) in [5, 5.41) is 6.88. The fourth-order valence-corrected chi connectivity index (χ4v) is 2.83. The highest BCUT2D eigenvalue weighted by atomic mass is 16.5. The van der Waals surface area contributed by atoms with E-state index in [4.69, 9.17) is 9.26 Å². The van der Waals surface area contributed by atoms with Crippen LogP contribution in [0.15, 0.2) is 77.3 Å². The first-order valence-electron chi connectivity index (χ1n) is 9.14. The second kappa shape index (κ2) is 7.98. The molecular weight excluding hydrogens is 366 g/mol. The molecule has 1 aromatic heterocycles. The highest BCUT2D eigenvalue weighted by molar-refractivity contribution is 5.90. The van der Waals surface area contributed by atoms with Gasteiger partial charge in [-0.15, -0.1) is 0 Å². The summed E-state index contributed by atoms with van der Waals surface area (Å²) in [6.07, 6.45) is 0. The average Bonchev–Trinajstić information content (AvgIpc) is 3.21. The first-order chi connectivity index (χ1) is 14.1. The van der Waals surface area contributed by atoms with Crippen LogP contribution in [0.1, 0.15) is 12.5 Å². The van der Waals surface area contributed by atoms with E-state index in [1.54, 1.807) is 0 Å². The Hall–Kier alpha value is -3.93. The van der Waals surface area contributed by atoms with Gasteiger partial charge in [0.15, 0.2) is 0 Å². The Bertz CT molecular complexity index is 1140. The first-order valence-corrected chi connectivity index (χ1v) is 9.14. The summed E-state index contributed by atoms with van der Waals surface area (Å²) in [4.78, 5) is 15.9. The van der Waals surface area contributed by atoms with E-state index in [0.717, 1.165) is 33.9 Å². The number of ether oxygens (including phenoxy) is 1. The van der Waals surface area contributed by atoms with Crippen LogP contribution in [0.2, 0.25) is 0 Å². The third-order valence-corrected chi connectivity index (χ3v) is 4.31. The monoisotopic (exact) mass is 385 g/mol. The van der Waals surface area contributed by atoms with Crippen LogP contribution < -0.4 is 10.1 Å². The van der Waals surface area contributed by atoms with E-state index in [1.165, 1.54) is 6.92 Å².